The lowest BCUT2D eigenvalue weighted by Crippen LogP contribution is -2.31. The van der Waals surface area contributed by atoms with Crippen molar-refractivity contribution in [3.05, 3.63) is 29.6 Å². The van der Waals surface area contributed by atoms with Gasteiger partial charge in [0.2, 0.25) is 0 Å². The van der Waals surface area contributed by atoms with Crippen LogP contribution in [-0.2, 0) is 10.8 Å². The van der Waals surface area contributed by atoms with Crippen LogP contribution in [0.3, 0.4) is 0 Å². The summed E-state index contributed by atoms with van der Waals surface area (Å²) in [5.74, 6) is -2.27. The Labute approximate surface area is 124 Å². The van der Waals surface area contributed by atoms with Gasteiger partial charge in [0, 0.05) is 34.5 Å². The summed E-state index contributed by atoms with van der Waals surface area (Å²) in [6.45, 7) is 2.15. The van der Waals surface area contributed by atoms with Crippen molar-refractivity contribution in [3.63, 3.8) is 0 Å². The largest absolute Gasteiger partial charge is 0.478 e. The van der Waals surface area contributed by atoms with Gasteiger partial charge in [0.25, 0.3) is 0 Å². The van der Waals surface area contributed by atoms with Crippen molar-refractivity contribution in [2.24, 2.45) is 0 Å². The van der Waals surface area contributed by atoms with Crippen LogP contribution in [-0.4, -0.2) is 39.4 Å². The lowest BCUT2D eigenvalue weighted by atomic mass is 10.2. The predicted molar refractivity (Wildman–Crippen MR) is 78.5 cm³/mol. The highest BCUT2D eigenvalue weighted by Gasteiger charge is 2.12. The molecule has 116 valence electrons. The Hall–Kier alpha value is -1.96. The normalized spacial score (nSPS) is 13.3. The number of hydrogen-bond acceptors (Lipinski definition) is 3. The molecular formula is C13H17FN2O4S. The SMILES string of the molecule is CC(CCNC(=O)Nc1ccc(F)c(C(=O)O)c1)S(C)=O. The Bertz CT molecular complexity index is 565. The number of hydrogen-bond donors (Lipinski definition) is 3. The highest BCUT2D eigenvalue weighted by molar-refractivity contribution is 7.84. The van der Waals surface area contributed by atoms with Crippen molar-refractivity contribution < 1.29 is 23.3 Å². The number of benzene rings is 1. The van der Waals surface area contributed by atoms with Crippen LogP contribution >= 0.6 is 0 Å². The quantitative estimate of drug-likeness (QED) is 0.746. The number of carboxylic acids is 1. The second kappa shape index (κ2) is 7.72. The number of carbonyl (C=O) groups excluding carboxylic acids is 1. The molecule has 2 unspecified atom stereocenters. The predicted octanol–water partition coefficient (Wildman–Crippen LogP) is 1.80. The number of rotatable bonds is 6. The third kappa shape index (κ3) is 5.50. The van der Waals surface area contributed by atoms with Crippen LogP contribution in [0.25, 0.3) is 0 Å². The lowest BCUT2D eigenvalue weighted by molar-refractivity contribution is 0.0692. The first-order valence-corrected chi connectivity index (χ1v) is 7.83. The summed E-state index contributed by atoms with van der Waals surface area (Å²) < 4.78 is 24.3. The number of nitrogens with one attached hydrogen (secondary N) is 2. The number of carbonyl (C=O) groups is 2. The minimum atomic E-state index is -1.41. The molecule has 0 saturated heterocycles. The minimum absolute atomic E-state index is 0.0327. The van der Waals surface area contributed by atoms with E-state index < -0.39 is 34.2 Å². The Kier molecular flexibility index (Phi) is 6.29. The van der Waals surface area contributed by atoms with Gasteiger partial charge in [-0.2, -0.15) is 0 Å². The van der Waals surface area contributed by atoms with Gasteiger partial charge in [-0.1, -0.05) is 6.92 Å². The molecule has 0 fully saturated rings. The fraction of sp³-hybridized carbons (Fsp3) is 0.385. The molecule has 0 saturated carbocycles. The number of anilines is 1. The second-order valence-corrected chi connectivity index (χ2v) is 6.28. The van der Waals surface area contributed by atoms with E-state index in [1.165, 1.54) is 6.07 Å². The minimum Gasteiger partial charge on any atom is -0.478 e. The smallest absolute Gasteiger partial charge is 0.338 e. The highest BCUT2D eigenvalue weighted by atomic mass is 32.2. The molecule has 0 aliphatic rings. The van der Waals surface area contributed by atoms with Crippen LogP contribution < -0.4 is 10.6 Å². The molecule has 1 aromatic rings. The van der Waals surface area contributed by atoms with E-state index in [4.69, 9.17) is 5.11 Å². The van der Waals surface area contributed by atoms with Crippen LogP contribution in [0.2, 0.25) is 0 Å². The maximum atomic E-state index is 13.2. The maximum absolute atomic E-state index is 13.2. The number of carboxylic acid groups (broad SMARTS) is 1. The summed E-state index contributed by atoms with van der Waals surface area (Å²) in [6, 6.07) is 2.75. The van der Waals surface area contributed by atoms with E-state index >= 15 is 0 Å². The van der Waals surface area contributed by atoms with Gasteiger partial charge in [-0.25, -0.2) is 14.0 Å². The molecule has 2 amide bonds. The number of halogens is 1. The molecule has 0 bridgehead atoms. The summed E-state index contributed by atoms with van der Waals surface area (Å²) in [5.41, 5.74) is -0.332. The third-order valence-electron chi connectivity index (χ3n) is 2.86. The monoisotopic (exact) mass is 316 g/mol. The van der Waals surface area contributed by atoms with Crippen LogP contribution in [0.4, 0.5) is 14.9 Å². The summed E-state index contributed by atoms with van der Waals surface area (Å²) in [5, 5.41) is 13.7. The summed E-state index contributed by atoms with van der Waals surface area (Å²) in [4.78, 5) is 22.4. The van der Waals surface area contributed by atoms with E-state index in [2.05, 4.69) is 10.6 Å². The lowest BCUT2D eigenvalue weighted by Gasteiger charge is -2.11. The Morgan fingerprint density at radius 1 is 1.43 bits per heavy atom. The van der Waals surface area contributed by atoms with Crippen molar-refractivity contribution in [2.75, 3.05) is 18.1 Å². The van der Waals surface area contributed by atoms with E-state index in [9.17, 15) is 18.2 Å². The fourth-order valence-electron chi connectivity index (χ4n) is 1.50. The first-order chi connectivity index (χ1) is 9.81. The van der Waals surface area contributed by atoms with Crippen molar-refractivity contribution in [1.29, 1.82) is 0 Å². The van der Waals surface area contributed by atoms with Crippen molar-refractivity contribution >= 4 is 28.5 Å². The van der Waals surface area contributed by atoms with Crippen LogP contribution in [0.15, 0.2) is 18.2 Å². The summed E-state index contributed by atoms with van der Waals surface area (Å²) >= 11 is 0. The Morgan fingerprint density at radius 2 is 2.10 bits per heavy atom. The van der Waals surface area contributed by atoms with Gasteiger partial charge in [0.15, 0.2) is 0 Å². The molecule has 1 rings (SSSR count). The molecule has 8 heteroatoms. The fourth-order valence-corrected chi connectivity index (χ4v) is 1.95. The average Bonchev–Trinajstić information content (AvgIpc) is 2.40. The first-order valence-electron chi connectivity index (χ1n) is 6.21. The molecule has 1 aromatic carbocycles. The topological polar surface area (TPSA) is 95.5 Å². The van der Waals surface area contributed by atoms with E-state index in [1.807, 2.05) is 6.92 Å². The summed E-state index contributed by atoms with van der Waals surface area (Å²) in [6.07, 6.45) is 2.15. The molecule has 2 atom stereocenters. The Balaban J connectivity index is 2.54. The molecule has 0 heterocycles. The maximum Gasteiger partial charge on any atom is 0.338 e. The van der Waals surface area contributed by atoms with Crippen LogP contribution in [0.1, 0.15) is 23.7 Å². The van der Waals surface area contributed by atoms with Gasteiger partial charge in [-0.3, -0.25) is 4.21 Å². The van der Waals surface area contributed by atoms with E-state index in [0.29, 0.717) is 13.0 Å². The van der Waals surface area contributed by atoms with Crippen molar-refractivity contribution in [2.45, 2.75) is 18.6 Å². The van der Waals surface area contributed by atoms with E-state index in [0.717, 1.165) is 12.1 Å². The van der Waals surface area contributed by atoms with Gasteiger partial charge in [-0.05, 0) is 24.6 Å². The van der Waals surface area contributed by atoms with Crippen molar-refractivity contribution in [3.8, 4) is 0 Å². The van der Waals surface area contributed by atoms with Crippen molar-refractivity contribution in [1.82, 2.24) is 5.32 Å². The molecule has 0 aromatic heterocycles. The molecule has 3 N–H and O–H groups in total. The standard InChI is InChI=1S/C13H17FN2O4S/c1-8(21(2)20)5-6-15-13(19)16-9-3-4-11(14)10(7-9)12(17)18/h3-4,7-8H,5-6H2,1-2H3,(H,17,18)(H2,15,16,19). The highest BCUT2D eigenvalue weighted by Crippen LogP contribution is 2.14. The zero-order valence-electron chi connectivity index (χ0n) is 11.7. The number of aromatic carboxylic acids is 1. The molecule has 0 aliphatic carbocycles. The molecular weight excluding hydrogens is 299 g/mol. The van der Waals surface area contributed by atoms with Gasteiger partial charge in [-0.15, -0.1) is 0 Å². The molecule has 0 aliphatic heterocycles. The van der Waals surface area contributed by atoms with Gasteiger partial charge < -0.3 is 15.7 Å². The van der Waals surface area contributed by atoms with Crippen LogP contribution in [0, 0.1) is 5.82 Å². The molecule has 0 spiro atoms. The second-order valence-electron chi connectivity index (χ2n) is 4.48. The third-order valence-corrected chi connectivity index (χ3v) is 4.23. The molecule has 6 nitrogen and oxygen atoms in total. The molecule has 0 radical (unpaired) electrons. The zero-order chi connectivity index (χ0) is 16.0. The Morgan fingerprint density at radius 3 is 2.67 bits per heavy atom. The average molecular weight is 316 g/mol. The van der Waals surface area contributed by atoms with Gasteiger partial charge >= 0.3 is 12.0 Å². The van der Waals surface area contributed by atoms with Gasteiger partial charge in [0.05, 0.1) is 5.56 Å². The van der Waals surface area contributed by atoms with Crippen LogP contribution in [0.5, 0.6) is 0 Å². The number of amides is 2. The van der Waals surface area contributed by atoms with Gasteiger partial charge in [0.1, 0.15) is 5.82 Å². The first kappa shape index (κ1) is 17.1. The number of urea groups is 1. The zero-order valence-corrected chi connectivity index (χ0v) is 12.5. The van der Waals surface area contributed by atoms with E-state index in [1.54, 1.807) is 6.26 Å². The summed E-state index contributed by atoms with van der Waals surface area (Å²) in [7, 11) is -0.953. The molecule has 21 heavy (non-hydrogen) atoms. The van der Waals surface area contributed by atoms with E-state index in [-0.39, 0.29) is 10.9 Å².